The molecule has 0 bridgehead atoms. The van der Waals surface area contributed by atoms with Crippen LogP contribution in [0.1, 0.15) is 46.9 Å². The third-order valence-corrected chi connectivity index (χ3v) is 8.09. The molecule has 0 radical (unpaired) electrons. The number of ether oxygens (including phenoxy) is 8. The molecule has 10 atom stereocenters. The monoisotopic (exact) mass is 590 g/mol. The van der Waals surface area contributed by atoms with Crippen molar-refractivity contribution >= 4 is 5.97 Å². The van der Waals surface area contributed by atoms with Gasteiger partial charge in [-0.2, -0.15) is 0 Å². The number of aliphatic hydroxyl groups excluding tert-OH is 1. The molecule has 0 aromatic heterocycles. The Labute approximate surface area is 249 Å². The van der Waals surface area contributed by atoms with Gasteiger partial charge in [0.05, 0.1) is 24.9 Å². The molecule has 43 heavy (non-hydrogen) atoms. The van der Waals surface area contributed by atoms with E-state index in [1.54, 1.807) is 24.3 Å². The minimum atomic E-state index is -0.838. The Hall–Kier alpha value is -3.19. The summed E-state index contributed by atoms with van der Waals surface area (Å²) in [5.41, 5.74) is 2.17. The van der Waals surface area contributed by atoms with Crippen LogP contribution in [0.15, 0.2) is 91.0 Å². The average Bonchev–Trinajstić information content (AvgIpc) is 3.06. The fraction of sp³-hybridized carbons (Fsp3) is 0.424. The minimum Gasteiger partial charge on any atom is -0.456 e. The highest BCUT2D eigenvalue weighted by Gasteiger charge is 2.49. The number of hydrogen-bond donors (Lipinski definition) is 1. The van der Waals surface area contributed by atoms with Crippen molar-refractivity contribution < 1.29 is 47.8 Å². The molecular formula is C33H34O10. The van der Waals surface area contributed by atoms with E-state index >= 15 is 0 Å². The Balaban J connectivity index is 1.03. The van der Waals surface area contributed by atoms with Crippen molar-refractivity contribution in [2.45, 2.75) is 74.6 Å². The molecule has 0 unspecified atom stereocenters. The van der Waals surface area contributed by atoms with Crippen LogP contribution >= 0.6 is 0 Å². The van der Waals surface area contributed by atoms with Crippen LogP contribution in [-0.2, 0) is 37.9 Å². The minimum absolute atomic E-state index is 0.175. The number of fused-ring (bicyclic) bond motifs is 2. The molecule has 4 aliphatic rings. The van der Waals surface area contributed by atoms with Gasteiger partial charge in [0.2, 0.25) is 0 Å². The number of carbonyl (C=O) groups is 1. The molecule has 4 heterocycles. The number of aliphatic hydroxyl groups is 1. The summed E-state index contributed by atoms with van der Waals surface area (Å²) in [6.07, 6.45) is -6.15. The maximum Gasteiger partial charge on any atom is 0.338 e. The highest BCUT2D eigenvalue weighted by molar-refractivity contribution is 5.89. The number of benzene rings is 3. The first kappa shape index (κ1) is 28.6. The number of carbonyl (C=O) groups excluding carboxylic acids is 1. The van der Waals surface area contributed by atoms with E-state index in [1.807, 2.05) is 66.7 Å². The van der Waals surface area contributed by atoms with E-state index in [4.69, 9.17) is 37.9 Å². The summed E-state index contributed by atoms with van der Waals surface area (Å²) >= 11 is 0. The predicted octanol–water partition coefficient (Wildman–Crippen LogP) is 4.05. The molecule has 4 saturated heterocycles. The van der Waals surface area contributed by atoms with Crippen molar-refractivity contribution in [3.63, 3.8) is 0 Å². The van der Waals surface area contributed by atoms with Crippen LogP contribution in [0.2, 0.25) is 0 Å². The van der Waals surface area contributed by atoms with Crippen LogP contribution in [0.25, 0.3) is 0 Å². The van der Waals surface area contributed by atoms with E-state index in [0.29, 0.717) is 5.56 Å². The smallest absolute Gasteiger partial charge is 0.338 e. The highest BCUT2D eigenvalue weighted by atomic mass is 16.8. The summed E-state index contributed by atoms with van der Waals surface area (Å²) in [7, 11) is 0. The first-order valence-electron chi connectivity index (χ1n) is 14.7. The van der Waals surface area contributed by atoms with Crippen LogP contribution in [0.4, 0.5) is 0 Å². The molecule has 3 aromatic carbocycles. The van der Waals surface area contributed by atoms with Gasteiger partial charge in [-0.15, -0.1) is 0 Å². The summed E-state index contributed by atoms with van der Waals surface area (Å²) in [6.45, 7) is 0.447. The van der Waals surface area contributed by atoms with Crippen LogP contribution < -0.4 is 0 Å². The van der Waals surface area contributed by atoms with Crippen molar-refractivity contribution in [3.05, 3.63) is 108 Å². The summed E-state index contributed by atoms with van der Waals surface area (Å²) in [6, 6.07) is 28.0. The summed E-state index contributed by atoms with van der Waals surface area (Å²) in [5, 5.41) is 11.0. The molecule has 10 heteroatoms. The molecule has 7 rings (SSSR count). The van der Waals surface area contributed by atoms with Crippen molar-refractivity contribution in [2.75, 3.05) is 13.2 Å². The Morgan fingerprint density at radius 2 is 1.16 bits per heavy atom. The largest absolute Gasteiger partial charge is 0.456 e. The zero-order valence-electron chi connectivity index (χ0n) is 23.4. The van der Waals surface area contributed by atoms with Crippen LogP contribution in [0.5, 0.6) is 0 Å². The van der Waals surface area contributed by atoms with Crippen molar-refractivity contribution in [2.24, 2.45) is 0 Å². The van der Waals surface area contributed by atoms with E-state index in [-0.39, 0.29) is 26.1 Å². The number of rotatable bonds is 6. The van der Waals surface area contributed by atoms with Crippen LogP contribution in [-0.4, -0.2) is 73.5 Å². The third kappa shape index (κ3) is 6.38. The van der Waals surface area contributed by atoms with Gasteiger partial charge in [0.15, 0.2) is 25.2 Å². The first-order valence-corrected chi connectivity index (χ1v) is 14.7. The topological polar surface area (TPSA) is 111 Å². The fourth-order valence-corrected chi connectivity index (χ4v) is 5.96. The molecule has 4 fully saturated rings. The Morgan fingerprint density at radius 1 is 0.651 bits per heavy atom. The lowest BCUT2D eigenvalue weighted by Gasteiger charge is -2.47. The second-order valence-electron chi connectivity index (χ2n) is 11.0. The lowest BCUT2D eigenvalue weighted by molar-refractivity contribution is -0.381. The molecular weight excluding hydrogens is 556 g/mol. The normalized spacial score (nSPS) is 35.7. The maximum atomic E-state index is 13.1. The van der Waals surface area contributed by atoms with E-state index in [2.05, 4.69) is 0 Å². The van der Waals surface area contributed by atoms with Gasteiger partial charge < -0.3 is 43.0 Å². The van der Waals surface area contributed by atoms with E-state index in [9.17, 15) is 9.90 Å². The Morgan fingerprint density at radius 3 is 1.77 bits per heavy atom. The molecule has 0 spiro atoms. The highest BCUT2D eigenvalue weighted by Crippen LogP contribution is 2.38. The van der Waals surface area contributed by atoms with Crippen LogP contribution in [0, 0.1) is 0 Å². The lowest BCUT2D eigenvalue weighted by Crippen LogP contribution is -2.58. The number of esters is 1. The Bertz CT molecular complexity index is 1340. The standard InChI is InChI=1S/C33H34O10/c34-23-16-27(38-25-18-36-32(42-29(23)25)21-12-6-2-7-13-21)41-28-17-24(40-31(35)20-10-4-1-5-11-20)30-26(39-28)19-37-33(43-30)22-14-8-3-9-15-22/h1-15,23-30,32-34H,16-19H2/t23-,24-,25+,26+,27+,28+,29-,30-,32+,33+/m0/s1. The summed E-state index contributed by atoms with van der Waals surface area (Å²) in [4.78, 5) is 13.1. The third-order valence-electron chi connectivity index (χ3n) is 8.09. The zero-order chi connectivity index (χ0) is 29.2. The molecule has 3 aromatic rings. The summed E-state index contributed by atoms with van der Waals surface area (Å²) in [5.74, 6) is -0.465. The second kappa shape index (κ2) is 12.8. The van der Waals surface area contributed by atoms with E-state index in [1.165, 1.54) is 0 Å². The molecule has 0 amide bonds. The predicted molar refractivity (Wildman–Crippen MR) is 149 cm³/mol. The zero-order valence-corrected chi connectivity index (χ0v) is 23.4. The van der Waals surface area contributed by atoms with Gasteiger partial charge in [0, 0.05) is 24.0 Å². The van der Waals surface area contributed by atoms with Crippen molar-refractivity contribution in [1.29, 1.82) is 0 Å². The van der Waals surface area contributed by atoms with Gasteiger partial charge in [-0.1, -0.05) is 78.9 Å². The molecule has 0 saturated carbocycles. The fourth-order valence-electron chi connectivity index (χ4n) is 5.96. The maximum absolute atomic E-state index is 13.1. The SMILES string of the molecule is O=C(O[C@H]1C[C@@H](O[C@@H]2C[C@H](O)[C@@H]3O[C@H](c4ccccc4)OC[C@H]3O2)O[C@@H]2CO[C@@H](c3ccccc3)O[C@@H]12)c1ccccc1. The molecule has 226 valence electrons. The quantitative estimate of drug-likeness (QED) is 0.422. The van der Waals surface area contributed by atoms with Gasteiger partial charge >= 0.3 is 5.97 Å². The van der Waals surface area contributed by atoms with Gasteiger partial charge in [-0.3, -0.25) is 0 Å². The van der Waals surface area contributed by atoms with Crippen LogP contribution in [0.3, 0.4) is 0 Å². The first-order chi connectivity index (χ1) is 21.1. The lowest BCUT2D eigenvalue weighted by atomic mass is 9.99. The molecule has 4 aliphatic heterocycles. The van der Waals surface area contributed by atoms with Crippen molar-refractivity contribution in [3.8, 4) is 0 Å². The summed E-state index contributed by atoms with van der Waals surface area (Å²) < 4.78 is 48.9. The van der Waals surface area contributed by atoms with Gasteiger partial charge in [0.1, 0.15) is 30.5 Å². The average molecular weight is 591 g/mol. The van der Waals surface area contributed by atoms with Gasteiger partial charge in [-0.25, -0.2) is 4.79 Å². The molecule has 10 nitrogen and oxygen atoms in total. The number of hydrogen-bond acceptors (Lipinski definition) is 10. The van der Waals surface area contributed by atoms with E-state index in [0.717, 1.165) is 11.1 Å². The van der Waals surface area contributed by atoms with Crippen molar-refractivity contribution in [1.82, 2.24) is 0 Å². The van der Waals surface area contributed by atoms with Gasteiger partial charge in [0.25, 0.3) is 0 Å². The second-order valence-corrected chi connectivity index (χ2v) is 11.0. The molecule has 0 aliphatic carbocycles. The molecule has 1 N–H and O–H groups in total. The van der Waals surface area contributed by atoms with E-state index < -0.39 is 67.8 Å². The van der Waals surface area contributed by atoms with Gasteiger partial charge in [-0.05, 0) is 12.1 Å². The Kier molecular flexibility index (Phi) is 8.51.